The molecule has 32 heavy (non-hydrogen) atoms. The van der Waals surface area contributed by atoms with E-state index in [1.807, 2.05) is 60.0 Å². The molecule has 0 saturated heterocycles. The van der Waals surface area contributed by atoms with Crippen LogP contribution in [0.2, 0.25) is 0 Å². The van der Waals surface area contributed by atoms with E-state index in [4.69, 9.17) is 0 Å². The van der Waals surface area contributed by atoms with Gasteiger partial charge in [0.25, 0.3) is 5.91 Å². The summed E-state index contributed by atoms with van der Waals surface area (Å²) in [4.78, 5) is 17.7. The highest BCUT2D eigenvalue weighted by Gasteiger charge is 2.14. The van der Waals surface area contributed by atoms with Crippen LogP contribution in [0.3, 0.4) is 0 Å². The van der Waals surface area contributed by atoms with Crippen molar-refractivity contribution in [1.29, 1.82) is 0 Å². The molecule has 3 aromatic carbocycles. The highest BCUT2D eigenvalue weighted by Crippen LogP contribution is 2.23. The minimum atomic E-state index is -0.349. The third-order valence-electron chi connectivity index (χ3n) is 5.19. The van der Waals surface area contributed by atoms with E-state index in [1.165, 1.54) is 17.4 Å². The van der Waals surface area contributed by atoms with Gasteiger partial charge in [0.2, 0.25) is 4.96 Å². The molecule has 7 heteroatoms. The molecule has 1 N–H and O–H groups in total. The van der Waals surface area contributed by atoms with E-state index in [-0.39, 0.29) is 11.7 Å². The van der Waals surface area contributed by atoms with Gasteiger partial charge in [-0.25, -0.2) is 8.91 Å². The highest BCUT2D eigenvalue weighted by atomic mass is 32.1. The molecule has 2 aromatic heterocycles. The molecule has 0 radical (unpaired) electrons. The van der Waals surface area contributed by atoms with Gasteiger partial charge in [0.05, 0.1) is 11.3 Å². The fourth-order valence-corrected chi connectivity index (χ4v) is 4.36. The number of amides is 1. The van der Waals surface area contributed by atoms with Crippen LogP contribution in [0.15, 0.2) is 84.2 Å². The highest BCUT2D eigenvalue weighted by molar-refractivity contribution is 7.15. The van der Waals surface area contributed by atoms with Crippen LogP contribution >= 0.6 is 11.3 Å². The van der Waals surface area contributed by atoms with Crippen LogP contribution in [-0.4, -0.2) is 27.0 Å². The van der Waals surface area contributed by atoms with Crippen molar-refractivity contribution < 1.29 is 9.18 Å². The topological polar surface area (TPSA) is 59.3 Å². The maximum atomic E-state index is 14.1. The second-order valence-corrected chi connectivity index (χ2v) is 8.12. The van der Waals surface area contributed by atoms with E-state index in [9.17, 15) is 9.18 Å². The standard InChI is InChI=1S/C25H19FN4OS/c26-22-9-5-4-8-21(22)23-28-25-30(29-23)20(16-32-25)14-15-27-24(31)19-12-10-18(11-13-19)17-6-2-1-3-7-17/h1-13,16H,14-15H2,(H,27,31). The number of benzene rings is 3. The summed E-state index contributed by atoms with van der Waals surface area (Å²) < 4.78 is 15.8. The molecule has 0 atom stereocenters. The third kappa shape index (κ3) is 4.02. The third-order valence-corrected chi connectivity index (χ3v) is 6.05. The predicted octanol–water partition coefficient (Wildman–Crippen LogP) is 5.24. The lowest BCUT2D eigenvalue weighted by Crippen LogP contribution is -2.25. The van der Waals surface area contributed by atoms with Gasteiger partial charge in [-0.05, 0) is 35.4 Å². The summed E-state index contributed by atoms with van der Waals surface area (Å²) in [5.41, 5.74) is 4.09. The number of aromatic nitrogens is 3. The molecule has 0 unspecified atom stereocenters. The van der Waals surface area contributed by atoms with E-state index in [0.717, 1.165) is 16.8 Å². The maximum Gasteiger partial charge on any atom is 0.251 e. The number of carbonyl (C=O) groups excluding carboxylic acids is 1. The molecule has 0 saturated carbocycles. The van der Waals surface area contributed by atoms with Crippen LogP contribution in [0.4, 0.5) is 4.39 Å². The van der Waals surface area contributed by atoms with E-state index in [0.29, 0.717) is 34.9 Å². The predicted molar refractivity (Wildman–Crippen MR) is 124 cm³/mol. The lowest BCUT2D eigenvalue weighted by Gasteiger charge is -2.06. The Balaban J connectivity index is 1.23. The van der Waals surface area contributed by atoms with Gasteiger partial charge in [0.15, 0.2) is 5.82 Å². The smallest absolute Gasteiger partial charge is 0.251 e. The second kappa shape index (κ2) is 8.72. The fraction of sp³-hybridized carbons (Fsp3) is 0.0800. The molecular weight excluding hydrogens is 423 g/mol. The first kappa shape index (κ1) is 20.1. The number of rotatable bonds is 6. The molecule has 1 amide bonds. The summed E-state index contributed by atoms with van der Waals surface area (Å²) in [6, 6.07) is 24.1. The van der Waals surface area contributed by atoms with Crippen LogP contribution in [0.1, 0.15) is 16.1 Å². The Bertz CT molecular complexity index is 1380. The van der Waals surface area contributed by atoms with Crippen molar-refractivity contribution in [3.63, 3.8) is 0 Å². The Kier molecular flexibility index (Phi) is 5.47. The Hall–Kier alpha value is -3.84. The summed E-state index contributed by atoms with van der Waals surface area (Å²) in [5, 5.41) is 9.37. The summed E-state index contributed by atoms with van der Waals surface area (Å²) >= 11 is 1.44. The zero-order valence-corrected chi connectivity index (χ0v) is 17.8. The van der Waals surface area contributed by atoms with E-state index >= 15 is 0 Å². The molecule has 5 rings (SSSR count). The molecule has 5 aromatic rings. The first-order valence-electron chi connectivity index (χ1n) is 10.2. The number of nitrogens with one attached hydrogen (secondary N) is 1. The van der Waals surface area contributed by atoms with Crippen molar-refractivity contribution in [1.82, 2.24) is 19.9 Å². The van der Waals surface area contributed by atoms with Crippen molar-refractivity contribution >= 4 is 22.2 Å². The summed E-state index contributed by atoms with van der Waals surface area (Å²) in [6.45, 7) is 0.458. The molecule has 0 aliphatic carbocycles. The molecule has 0 bridgehead atoms. The number of hydrogen-bond acceptors (Lipinski definition) is 4. The van der Waals surface area contributed by atoms with Crippen LogP contribution in [0.25, 0.3) is 27.5 Å². The van der Waals surface area contributed by atoms with E-state index in [1.54, 1.807) is 22.7 Å². The van der Waals surface area contributed by atoms with Crippen LogP contribution in [0, 0.1) is 5.82 Å². The monoisotopic (exact) mass is 442 g/mol. The van der Waals surface area contributed by atoms with E-state index in [2.05, 4.69) is 15.4 Å². The summed E-state index contributed by atoms with van der Waals surface area (Å²) in [7, 11) is 0. The number of hydrogen-bond donors (Lipinski definition) is 1. The van der Waals surface area contributed by atoms with Gasteiger partial charge < -0.3 is 5.32 Å². The molecule has 158 valence electrons. The fourth-order valence-electron chi connectivity index (χ4n) is 3.50. The van der Waals surface area contributed by atoms with Crippen LogP contribution < -0.4 is 5.32 Å². The maximum absolute atomic E-state index is 14.1. The Labute approximate surface area is 188 Å². The lowest BCUT2D eigenvalue weighted by atomic mass is 10.0. The molecule has 5 nitrogen and oxygen atoms in total. The first-order chi connectivity index (χ1) is 15.7. The average Bonchev–Trinajstić information content (AvgIpc) is 3.42. The van der Waals surface area contributed by atoms with Crippen molar-refractivity contribution in [3.8, 4) is 22.5 Å². The zero-order valence-electron chi connectivity index (χ0n) is 17.0. The van der Waals surface area contributed by atoms with Crippen molar-refractivity contribution in [2.24, 2.45) is 0 Å². The van der Waals surface area contributed by atoms with E-state index < -0.39 is 0 Å². The number of nitrogens with zero attached hydrogens (tertiary/aromatic N) is 3. The summed E-state index contributed by atoms with van der Waals surface area (Å²) in [6.07, 6.45) is 0.591. The van der Waals surface area contributed by atoms with Gasteiger partial charge in [0, 0.05) is 23.9 Å². The number of carbonyl (C=O) groups is 1. The minimum absolute atomic E-state index is 0.123. The number of halogens is 1. The Morgan fingerprint density at radius 2 is 1.66 bits per heavy atom. The average molecular weight is 443 g/mol. The first-order valence-corrected chi connectivity index (χ1v) is 11.1. The van der Waals surface area contributed by atoms with Crippen molar-refractivity contribution in [2.75, 3.05) is 6.54 Å². The minimum Gasteiger partial charge on any atom is -0.352 e. The molecule has 0 fully saturated rings. The molecule has 2 heterocycles. The molecule has 0 spiro atoms. The van der Waals surface area contributed by atoms with Gasteiger partial charge in [-0.1, -0.05) is 54.6 Å². The zero-order chi connectivity index (χ0) is 21.9. The van der Waals surface area contributed by atoms with Gasteiger partial charge in [-0.2, -0.15) is 4.98 Å². The number of fused-ring (bicyclic) bond motifs is 1. The Morgan fingerprint density at radius 1 is 0.938 bits per heavy atom. The second-order valence-electron chi connectivity index (χ2n) is 7.29. The molecule has 0 aliphatic heterocycles. The SMILES string of the molecule is O=C(NCCc1csc2nc(-c3ccccc3F)nn12)c1ccc(-c2ccccc2)cc1. The quantitative estimate of drug-likeness (QED) is 0.391. The van der Waals surface area contributed by atoms with Gasteiger partial charge >= 0.3 is 0 Å². The van der Waals surface area contributed by atoms with Gasteiger partial charge in [0.1, 0.15) is 5.82 Å². The summed E-state index contributed by atoms with van der Waals surface area (Å²) in [5.74, 6) is -0.113. The van der Waals surface area contributed by atoms with Crippen molar-refractivity contribution in [2.45, 2.75) is 6.42 Å². The molecular formula is C25H19FN4OS. The van der Waals surface area contributed by atoms with Gasteiger partial charge in [-0.3, -0.25) is 4.79 Å². The number of thiazole rings is 1. The van der Waals surface area contributed by atoms with Gasteiger partial charge in [-0.15, -0.1) is 16.4 Å². The van der Waals surface area contributed by atoms with Crippen LogP contribution in [0.5, 0.6) is 0 Å². The van der Waals surface area contributed by atoms with Crippen molar-refractivity contribution in [3.05, 3.63) is 101 Å². The normalized spacial score (nSPS) is 11.0. The largest absolute Gasteiger partial charge is 0.352 e. The lowest BCUT2D eigenvalue weighted by molar-refractivity contribution is 0.0954. The Morgan fingerprint density at radius 3 is 2.44 bits per heavy atom. The molecule has 0 aliphatic rings. The van der Waals surface area contributed by atoms with Crippen LogP contribution in [-0.2, 0) is 6.42 Å².